The minimum atomic E-state index is -0.546. The summed E-state index contributed by atoms with van der Waals surface area (Å²) in [5.41, 5.74) is 1.55. The highest BCUT2D eigenvalue weighted by molar-refractivity contribution is 8.01. The number of ether oxygens (including phenoxy) is 1. The Labute approximate surface area is 259 Å². The molecule has 1 aliphatic rings. The van der Waals surface area contributed by atoms with Crippen molar-refractivity contribution in [1.29, 1.82) is 0 Å². The first kappa shape index (κ1) is 30.8. The number of hydrogen-bond acceptors (Lipinski definition) is 10. The van der Waals surface area contributed by atoms with Crippen LogP contribution in [0.15, 0.2) is 70.3 Å². The fraction of sp³-hybridized carbons (Fsp3) is 0.387. The van der Waals surface area contributed by atoms with Crippen molar-refractivity contribution in [3.05, 3.63) is 84.0 Å². The standard InChI is InChI=1S/C31H36FN7O2S2/c1-21-8-13-36-25(17-21)38-28-37-19-26(43-28)42-23-9-14-34-22(27(23)32)18-33-20-31(24-7-5-6-12-35-24)10-15-39(16-11-31)29(40)41-30(2,3)4/h5-9,12-14,17,19,33H,10-11,15-16,18,20H2,1-4H3,(H,36,37,38). The van der Waals surface area contributed by atoms with Crippen LogP contribution >= 0.6 is 23.1 Å². The first-order valence-electron chi connectivity index (χ1n) is 14.2. The van der Waals surface area contributed by atoms with Gasteiger partial charge >= 0.3 is 6.09 Å². The van der Waals surface area contributed by atoms with Gasteiger partial charge in [0, 0.05) is 55.9 Å². The van der Waals surface area contributed by atoms with Crippen molar-refractivity contribution >= 4 is 40.1 Å². The molecule has 2 N–H and O–H groups in total. The maximum absolute atomic E-state index is 15.6. The summed E-state index contributed by atoms with van der Waals surface area (Å²) in [6, 6.07) is 11.4. The van der Waals surface area contributed by atoms with Crippen LogP contribution in [0, 0.1) is 12.7 Å². The summed E-state index contributed by atoms with van der Waals surface area (Å²) in [4.78, 5) is 32.6. The van der Waals surface area contributed by atoms with Gasteiger partial charge in [0.25, 0.3) is 0 Å². The van der Waals surface area contributed by atoms with E-state index in [1.807, 2.05) is 58.0 Å². The molecule has 0 unspecified atom stereocenters. The third kappa shape index (κ3) is 8.07. The van der Waals surface area contributed by atoms with Crippen molar-refractivity contribution in [3.8, 4) is 0 Å². The van der Waals surface area contributed by atoms with E-state index in [0.29, 0.717) is 54.0 Å². The number of carbonyl (C=O) groups is 1. The van der Waals surface area contributed by atoms with Crippen LogP contribution in [0.2, 0.25) is 0 Å². The molecule has 0 aromatic carbocycles. The maximum Gasteiger partial charge on any atom is 0.410 e. The smallest absolute Gasteiger partial charge is 0.410 e. The first-order chi connectivity index (χ1) is 20.6. The number of aryl methyl sites for hydroxylation is 1. The number of halogens is 1. The quantitative estimate of drug-likeness (QED) is 0.211. The number of nitrogens with one attached hydrogen (secondary N) is 2. The third-order valence-corrected chi connectivity index (χ3v) is 9.16. The predicted octanol–water partition coefficient (Wildman–Crippen LogP) is 6.73. The second-order valence-electron chi connectivity index (χ2n) is 11.6. The molecular formula is C31H36FN7O2S2. The van der Waals surface area contributed by atoms with Crippen LogP contribution in [0.3, 0.4) is 0 Å². The molecule has 12 heteroatoms. The van der Waals surface area contributed by atoms with Crippen LogP contribution in [0.25, 0.3) is 0 Å². The fourth-order valence-corrected chi connectivity index (χ4v) is 6.81. The van der Waals surface area contributed by atoms with Gasteiger partial charge in [-0.1, -0.05) is 29.2 Å². The van der Waals surface area contributed by atoms with Crippen LogP contribution in [0.5, 0.6) is 0 Å². The Morgan fingerprint density at radius 1 is 1.09 bits per heavy atom. The summed E-state index contributed by atoms with van der Waals surface area (Å²) in [5.74, 6) is 0.364. The largest absolute Gasteiger partial charge is 0.444 e. The zero-order chi connectivity index (χ0) is 30.5. The Hall–Kier alpha value is -3.61. The number of carbonyl (C=O) groups excluding carboxylic acids is 1. The van der Waals surface area contributed by atoms with E-state index < -0.39 is 5.60 Å². The Morgan fingerprint density at radius 2 is 1.88 bits per heavy atom. The molecule has 0 radical (unpaired) electrons. The number of rotatable bonds is 9. The number of thiazole rings is 1. The Kier molecular flexibility index (Phi) is 9.58. The lowest BCUT2D eigenvalue weighted by Crippen LogP contribution is -2.50. The van der Waals surface area contributed by atoms with Crippen LogP contribution in [-0.4, -0.2) is 56.2 Å². The summed E-state index contributed by atoms with van der Waals surface area (Å²) in [5, 5.41) is 7.34. The Bertz CT molecular complexity index is 1540. The Morgan fingerprint density at radius 3 is 2.60 bits per heavy atom. The van der Waals surface area contributed by atoms with Gasteiger partial charge in [0.1, 0.15) is 11.4 Å². The number of likely N-dealkylation sites (tertiary alicyclic amines) is 1. The van der Waals surface area contributed by atoms with Gasteiger partial charge in [0.2, 0.25) is 0 Å². The third-order valence-electron chi connectivity index (χ3n) is 7.11. The van der Waals surface area contributed by atoms with E-state index in [2.05, 4.69) is 30.6 Å². The molecule has 0 saturated carbocycles. The van der Waals surface area contributed by atoms with Gasteiger partial charge in [-0.15, -0.1) is 0 Å². The van der Waals surface area contributed by atoms with Gasteiger partial charge in [0.05, 0.1) is 21.0 Å². The number of hydrogen-bond donors (Lipinski definition) is 2. The molecule has 0 spiro atoms. The summed E-state index contributed by atoms with van der Waals surface area (Å²) in [6.07, 6.45) is 8.01. The summed E-state index contributed by atoms with van der Waals surface area (Å²) >= 11 is 2.76. The number of piperidine rings is 1. The van der Waals surface area contributed by atoms with Gasteiger partial charge in [-0.25, -0.2) is 19.2 Å². The molecule has 1 saturated heterocycles. The lowest BCUT2D eigenvalue weighted by Gasteiger charge is -2.41. The minimum absolute atomic E-state index is 0.263. The topological polar surface area (TPSA) is 105 Å². The van der Waals surface area contributed by atoms with E-state index >= 15 is 4.39 Å². The van der Waals surface area contributed by atoms with E-state index in [1.165, 1.54) is 23.1 Å². The van der Waals surface area contributed by atoms with E-state index in [9.17, 15) is 4.79 Å². The maximum atomic E-state index is 15.6. The van der Waals surface area contributed by atoms with Crippen LogP contribution in [-0.2, 0) is 16.7 Å². The molecule has 226 valence electrons. The van der Waals surface area contributed by atoms with Crippen LogP contribution in [0.4, 0.5) is 20.1 Å². The lowest BCUT2D eigenvalue weighted by atomic mass is 9.75. The molecule has 9 nitrogen and oxygen atoms in total. The summed E-state index contributed by atoms with van der Waals surface area (Å²) < 4.78 is 22.0. The van der Waals surface area contributed by atoms with Crippen molar-refractivity contribution in [2.45, 2.75) is 67.2 Å². The van der Waals surface area contributed by atoms with Crippen molar-refractivity contribution in [3.63, 3.8) is 0 Å². The van der Waals surface area contributed by atoms with Gasteiger partial charge in [-0.2, -0.15) is 0 Å². The van der Waals surface area contributed by atoms with Gasteiger partial charge in [-0.05, 0) is 76.4 Å². The molecule has 5 rings (SSSR count). The average molecular weight is 622 g/mol. The van der Waals surface area contributed by atoms with Crippen molar-refractivity contribution in [2.75, 3.05) is 25.0 Å². The second-order valence-corrected chi connectivity index (χ2v) is 13.9. The number of anilines is 2. The Balaban J connectivity index is 1.22. The SMILES string of the molecule is Cc1ccnc(Nc2ncc(Sc3ccnc(CNCC4(c5ccccn5)CCN(C(=O)OC(C)(C)C)CC4)c3F)s2)c1. The minimum Gasteiger partial charge on any atom is -0.444 e. The fourth-order valence-electron chi connectivity index (χ4n) is 4.92. The molecule has 4 aromatic heterocycles. The van der Waals surface area contributed by atoms with Crippen molar-refractivity contribution in [2.24, 2.45) is 0 Å². The number of nitrogens with zero attached hydrogens (tertiary/aromatic N) is 5. The molecule has 43 heavy (non-hydrogen) atoms. The molecule has 1 fully saturated rings. The number of pyridine rings is 3. The molecule has 1 amide bonds. The monoisotopic (exact) mass is 621 g/mol. The average Bonchev–Trinajstić information content (AvgIpc) is 3.41. The molecule has 0 aliphatic carbocycles. The highest BCUT2D eigenvalue weighted by atomic mass is 32.2. The van der Waals surface area contributed by atoms with E-state index in [4.69, 9.17) is 4.74 Å². The van der Waals surface area contributed by atoms with Crippen LogP contribution in [0.1, 0.15) is 50.6 Å². The normalized spacial score (nSPS) is 14.9. The van der Waals surface area contributed by atoms with Gasteiger partial charge in [-0.3, -0.25) is 9.97 Å². The zero-order valence-electron chi connectivity index (χ0n) is 24.8. The molecule has 5 heterocycles. The van der Waals surface area contributed by atoms with E-state index in [-0.39, 0.29) is 23.9 Å². The summed E-state index contributed by atoms with van der Waals surface area (Å²) in [7, 11) is 0. The molecular weight excluding hydrogens is 586 g/mol. The van der Waals surface area contributed by atoms with Crippen molar-refractivity contribution < 1.29 is 13.9 Å². The van der Waals surface area contributed by atoms with E-state index in [1.54, 1.807) is 35.8 Å². The highest BCUT2D eigenvalue weighted by Crippen LogP contribution is 2.37. The number of amides is 1. The predicted molar refractivity (Wildman–Crippen MR) is 167 cm³/mol. The molecule has 1 aliphatic heterocycles. The van der Waals surface area contributed by atoms with Crippen molar-refractivity contribution in [1.82, 2.24) is 30.2 Å². The lowest BCUT2D eigenvalue weighted by molar-refractivity contribution is 0.0161. The zero-order valence-corrected chi connectivity index (χ0v) is 26.4. The highest BCUT2D eigenvalue weighted by Gasteiger charge is 2.39. The van der Waals surface area contributed by atoms with E-state index in [0.717, 1.165) is 15.5 Å². The first-order valence-corrected chi connectivity index (χ1v) is 15.8. The summed E-state index contributed by atoms with van der Waals surface area (Å²) in [6.45, 7) is 9.55. The number of aromatic nitrogens is 4. The molecule has 0 bridgehead atoms. The van der Waals surface area contributed by atoms with Crippen LogP contribution < -0.4 is 10.6 Å². The second kappa shape index (κ2) is 13.4. The molecule has 4 aromatic rings. The molecule has 0 atom stereocenters. The van der Waals surface area contributed by atoms with Gasteiger partial charge < -0.3 is 20.3 Å². The van der Waals surface area contributed by atoms with Gasteiger partial charge in [0.15, 0.2) is 10.9 Å².